The van der Waals surface area contributed by atoms with Gasteiger partial charge in [-0.3, -0.25) is 19.2 Å². The molecule has 0 aliphatic rings. The standard InChI is InChI=1S/C12H18N4O6/c1-7(3-5-9(17)18)13-15-11(21)12(22)16-14-8(2)4-6-10(19)20/h3-6H2,1-2H3,(H,15,21)(H,16,22)(H,17,18)(H,19,20)/b13-7-,14-8+. The Morgan fingerprint density at radius 2 is 1.05 bits per heavy atom. The number of hydrazone groups is 2. The average molecular weight is 314 g/mol. The van der Waals surface area contributed by atoms with Crippen LogP contribution in [0, 0.1) is 0 Å². The molecule has 0 rings (SSSR count). The summed E-state index contributed by atoms with van der Waals surface area (Å²) in [6, 6.07) is 0. The van der Waals surface area contributed by atoms with Crippen LogP contribution in [0.3, 0.4) is 0 Å². The molecule has 0 radical (unpaired) electrons. The molecule has 0 saturated heterocycles. The molecule has 22 heavy (non-hydrogen) atoms. The van der Waals surface area contributed by atoms with E-state index in [0.717, 1.165) is 0 Å². The molecular formula is C12H18N4O6. The van der Waals surface area contributed by atoms with Gasteiger partial charge in [0.2, 0.25) is 0 Å². The summed E-state index contributed by atoms with van der Waals surface area (Å²) in [5.74, 6) is -4.12. The van der Waals surface area contributed by atoms with E-state index in [2.05, 4.69) is 10.2 Å². The summed E-state index contributed by atoms with van der Waals surface area (Å²) in [5, 5.41) is 24.1. The van der Waals surface area contributed by atoms with Gasteiger partial charge in [0.1, 0.15) is 0 Å². The van der Waals surface area contributed by atoms with Crippen LogP contribution >= 0.6 is 0 Å². The highest BCUT2D eigenvalue weighted by molar-refractivity contribution is 6.35. The second-order valence-electron chi connectivity index (χ2n) is 4.36. The molecule has 0 atom stereocenters. The number of carbonyl (C=O) groups excluding carboxylic acids is 2. The summed E-state index contributed by atoms with van der Waals surface area (Å²) in [7, 11) is 0. The van der Waals surface area contributed by atoms with Crippen molar-refractivity contribution in [1.82, 2.24) is 10.9 Å². The fraction of sp³-hybridized carbons (Fsp3) is 0.500. The Bertz CT molecular complexity index is 466. The maximum absolute atomic E-state index is 11.4. The zero-order chi connectivity index (χ0) is 17.1. The average Bonchev–Trinajstić information content (AvgIpc) is 2.45. The number of aliphatic carboxylic acids is 2. The number of hydrogen-bond donors (Lipinski definition) is 4. The molecule has 0 aliphatic heterocycles. The molecule has 2 amide bonds. The Hall–Kier alpha value is -2.78. The van der Waals surface area contributed by atoms with Crippen LogP contribution < -0.4 is 10.9 Å². The lowest BCUT2D eigenvalue weighted by molar-refractivity contribution is -0.139. The molecule has 0 aliphatic carbocycles. The lowest BCUT2D eigenvalue weighted by Crippen LogP contribution is -2.36. The molecule has 0 unspecified atom stereocenters. The minimum absolute atomic E-state index is 0.134. The summed E-state index contributed by atoms with van der Waals surface area (Å²) in [6.45, 7) is 3.02. The molecule has 122 valence electrons. The number of nitrogens with zero attached hydrogens (tertiary/aromatic N) is 2. The van der Waals surface area contributed by atoms with Crippen LogP contribution in [-0.4, -0.2) is 45.4 Å². The van der Waals surface area contributed by atoms with E-state index in [-0.39, 0.29) is 25.7 Å². The maximum atomic E-state index is 11.4. The topological polar surface area (TPSA) is 158 Å². The zero-order valence-corrected chi connectivity index (χ0v) is 12.3. The molecule has 0 aromatic rings. The van der Waals surface area contributed by atoms with Gasteiger partial charge in [-0.05, 0) is 26.7 Å². The van der Waals surface area contributed by atoms with Gasteiger partial charge in [0, 0.05) is 11.4 Å². The number of rotatable bonds is 8. The van der Waals surface area contributed by atoms with Gasteiger partial charge in [-0.1, -0.05) is 0 Å². The summed E-state index contributed by atoms with van der Waals surface area (Å²) in [5.41, 5.74) is 4.62. The maximum Gasteiger partial charge on any atom is 0.331 e. The minimum atomic E-state index is -1.07. The zero-order valence-electron chi connectivity index (χ0n) is 12.3. The fourth-order valence-electron chi connectivity index (χ4n) is 1.08. The van der Waals surface area contributed by atoms with E-state index in [4.69, 9.17) is 10.2 Å². The molecule has 0 heterocycles. The number of carboxylic acids is 2. The van der Waals surface area contributed by atoms with E-state index < -0.39 is 23.8 Å². The third-order valence-corrected chi connectivity index (χ3v) is 2.30. The first-order valence-electron chi connectivity index (χ1n) is 6.32. The number of carboxylic acid groups (broad SMARTS) is 2. The third kappa shape index (κ3) is 10.1. The number of nitrogens with one attached hydrogen (secondary N) is 2. The fourth-order valence-corrected chi connectivity index (χ4v) is 1.08. The molecule has 0 saturated carbocycles. The van der Waals surface area contributed by atoms with Crippen molar-refractivity contribution in [3.63, 3.8) is 0 Å². The normalized spacial score (nSPS) is 11.7. The van der Waals surface area contributed by atoms with Crippen molar-refractivity contribution in [2.45, 2.75) is 39.5 Å². The predicted molar refractivity (Wildman–Crippen MR) is 76.2 cm³/mol. The van der Waals surface area contributed by atoms with Gasteiger partial charge in [0.25, 0.3) is 0 Å². The molecule has 10 heteroatoms. The van der Waals surface area contributed by atoms with Crippen molar-refractivity contribution in [2.75, 3.05) is 0 Å². The molecular weight excluding hydrogens is 296 g/mol. The van der Waals surface area contributed by atoms with Crippen molar-refractivity contribution < 1.29 is 29.4 Å². The van der Waals surface area contributed by atoms with Crippen molar-refractivity contribution in [3.05, 3.63) is 0 Å². The van der Waals surface area contributed by atoms with Gasteiger partial charge < -0.3 is 10.2 Å². The number of hydrogen-bond acceptors (Lipinski definition) is 6. The number of amides is 2. The molecule has 0 fully saturated rings. The van der Waals surface area contributed by atoms with Gasteiger partial charge in [-0.2, -0.15) is 10.2 Å². The van der Waals surface area contributed by atoms with Gasteiger partial charge >= 0.3 is 23.8 Å². The van der Waals surface area contributed by atoms with E-state index in [9.17, 15) is 19.2 Å². The first-order valence-corrected chi connectivity index (χ1v) is 6.32. The summed E-state index contributed by atoms with van der Waals surface area (Å²) < 4.78 is 0. The van der Waals surface area contributed by atoms with Gasteiger partial charge in [0.05, 0.1) is 12.8 Å². The molecule has 10 nitrogen and oxygen atoms in total. The van der Waals surface area contributed by atoms with E-state index in [1.165, 1.54) is 13.8 Å². The smallest absolute Gasteiger partial charge is 0.331 e. The molecule has 0 aromatic carbocycles. The highest BCUT2D eigenvalue weighted by atomic mass is 16.4. The van der Waals surface area contributed by atoms with Crippen LogP contribution in [0.1, 0.15) is 39.5 Å². The SMILES string of the molecule is C/C(CCC(=O)O)=N/NC(=O)C(=O)N/N=C(\C)CCC(=O)O. The Balaban J connectivity index is 4.24. The molecule has 4 N–H and O–H groups in total. The van der Waals surface area contributed by atoms with Crippen molar-refractivity contribution >= 4 is 35.2 Å². The Morgan fingerprint density at radius 1 is 0.727 bits per heavy atom. The molecule has 0 spiro atoms. The molecule has 0 bridgehead atoms. The van der Waals surface area contributed by atoms with E-state index in [1.54, 1.807) is 0 Å². The summed E-state index contributed by atoms with van der Waals surface area (Å²) >= 11 is 0. The first kappa shape index (κ1) is 19.2. The second kappa shape index (κ2) is 10.0. The summed E-state index contributed by atoms with van der Waals surface area (Å²) in [4.78, 5) is 43.4. The van der Waals surface area contributed by atoms with E-state index in [0.29, 0.717) is 11.4 Å². The third-order valence-electron chi connectivity index (χ3n) is 2.30. The highest BCUT2D eigenvalue weighted by Crippen LogP contribution is 1.93. The lowest BCUT2D eigenvalue weighted by Gasteiger charge is -2.02. The Kier molecular flexibility index (Phi) is 8.75. The van der Waals surface area contributed by atoms with E-state index in [1.807, 2.05) is 10.9 Å². The molecule has 0 aromatic heterocycles. The van der Waals surface area contributed by atoms with Gasteiger partial charge in [-0.25, -0.2) is 10.9 Å². The van der Waals surface area contributed by atoms with Crippen molar-refractivity contribution in [1.29, 1.82) is 0 Å². The number of carbonyl (C=O) groups is 4. The lowest BCUT2D eigenvalue weighted by atomic mass is 10.2. The van der Waals surface area contributed by atoms with Crippen molar-refractivity contribution in [3.8, 4) is 0 Å². The van der Waals surface area contributed by atoms with Crippen molar-refractivity contribution in [2.24, 2.45) is 10.2 Å². The van der Waals surface area contributed by atoms with Crippen LogP contribution in [-0.2, 0) is 19.2 Å². The van der Waals surface area contributed by atoms with Gasteiger partial charge in [-0.15, -0.1) is 0 Å². The van der Waals surface area contributed by atoms with Crippen LogP contribution in [0.15, 0.2) is 10.2 Å². The van der Waals surface area contributed by atoms with Crippen LogP contribution in [0.2, 0.25) is 0 Å². The van der Waals surface area contributed by atoms with Crippen LogP contribution in [0.25, 0.3) is 0 Å². The quantitative estimate of drug-likeness (QED) is 0.273. The Morgan fingerprint density at radius 3 is 1.32 bits per heavy atom. The Labute approximate surface area is 126 Å². The summed E-state index contributed by atoms with van der Waals surface area (Å²) in [6.07, 6.45) is 0.0162. The van der Waals surface area contributed by atoms with E-state index >= 15 is 0 Å². The highest BCUT2D eigenvalue weighted by Gasteiger charge is 2.12. The minimum Gasteiger partial charge on any atom is -0.481 e. The van der Waals surface area contributed by atoms with Crippen LogP contribution in [0.5, 0.6) is 0 Å². The van der Waals surface area contributed by atoms with Crippen LogP contribution in [0.4, 0.5) is 0 Å². The first-order chi connectivity index (χ1) is 10.2. The second-order valence-corrected chi connectivity index (χ2v) is 4.36. The predicted octanol–water partition coefficient (Wildman–Crippen LogP) is -0.300. The largest absolute Gasteiger partial charge is 0.481 e. The van der Waals surface area contributed by atoms with Gasteiger partial charge in [0.15, 0.2) is 0 Å². The monoisotopic (exact) mass is 314 g/mol.